The highest BCUT2D eigenvalue weighted by molar-refractivity contribution is 7.18. The third-order valence-electron chi connectivity index (χ3n) is 4.64. The minimum Gasteiger partial charge on any atom is -0.454 e. The summed E-state index contributed by atoms with van der Waals surface area (Å²) in [7, 11) is 0. The van der Waals surface area contributed by atoms with Gasteiger partial charge >= 0.3 is 0 Å². The molecular weight excluding hydrogens is 322 g/mol. The number of aromatic nitrogens is 2. The van der Waals surface area contributed by atoms with Gasteiger partial charge < -0.3 is 14.8 Å². The number of thiophene rings is 1. The molecule has 0 fully saturated rings. The Labute approximate surface area is 143 Å². The Kier molecular flexibility index (Phi) is 3.29. The largest absolute Gasteiger partial charge is 0.454 e. The highest BCUT2D eigenvalue weighted by atomic mass is 32.1. The molecule has 1 aliphatic carbocycles. The number of aryl methyl sites for hydroxylation is 2. The van der Waals surface area contributed by atoms with Crippen molar-refractivity contribution >= 4 is 33.1 Å². The summed E-state index contributed by atoms with van der Waals surface area (Å²) >= 11 is 1.82. The van der Waals surface area contributed by atoms with Gasteiger partial charge in [-0.25, -0.2) is 9.97 Å². The van der Waals surface area contributed by atoms with Crippen LogP contribution in [0, 0.1) is 0 Å². The standard InChI is InChI=1S/C18H17N3O2S/c1-2-4-12-15(5-3-1)24-18-16(12)17(19-9-20-18)21-11-6-7-13-14(8-11)23-10-22-13/h6-9H,1-5,10H2,(H,19,20,21). The Hall–Kier alpha value is -2.34. The lowest BCUT2D eigenvalue weighted by Crippen LogP contribution is -1.97. The Morgan fingerprint density at radius 2 is 1.92 bits per heavy atom. The molecular formula is C18H17N3O2S. The average Bonchev–Trinajstić information content (AvgIpc) is 3.13. The van der Waals surface area contributed by atoms with Crippen LogP contribution in [0.2, 0.25) is 0 Å². The average molecular weight is 339 g/mol. The van der Waals surface area contributed by atoms with Crippen molar-refractivity contribution in [3.05, 3.63) is 35.0 Å². The van der Waals surface area contributed by atoms with Crippen molar-refractivity contribution in [3.63, 3.8) is 0 Å². The topological polar surface area (TPSA) is 56.3 Å². The zero-order valence-electron chi connectivity index (χ0n) is 13.2. The van der Waals surface area contributed by atoms with Gasteiger partial charge in [-0.2, -0.15) is 0 Å². The van der Waals surface area contributed by atoms with Crippen LogP contribution in [0.1, 0.15) is 29.7 Å². The minimum absolute atomic E-state index is 0.286. The second-order valence-electron chi connectivity index (χ2n) is 6.16. The van der Waals surface area contributed by atoms with Gasteiger partial charge in [0.15, 0.2) is 11.5 Å². The third-order valence-corrected chi connectivity index (χ3v) is 5.84. The zero-order valence-corrected chi connectivity index (χ0v) is 14.0. The maximum atomic E-state index is 5.46. The number of hydrogen-bond acceptors (Lipinski definition) is 6. The molecule has 2 aliphatic rings. The molecule has 0 radical (unpaired) electrons. The van der Waals surface area contributed by atoms with E-state index < -0.39 is 0 Å². The van der Waals surface area contributed by atoms with E-state index in [2.05, 4.69) is 15.3 Å². The van der Waals surface area contributed by atoms with E-state index in [1.807, 2.05) is 29.5 Å². The summed E-state index contributed by atoms with van der Waals surface area (Å²) in [4.78, 5) is 11.6. The van der Waals surface area contributed by atoms with E-state index in [4.69, 9.17) is 9.47 Å². The number of fused-ring (bicyclic) bond motifs is 4. The molecule has 24 heavy (non-hydrogen) atoms. The molecule has 1 aromatic carbocycles. The van der Waals surface area contributed by atoms with Gasteiger partial charge in [0.2, 0.25) is 6.79 Å². The van der Waals surface area contributed by atoms with E-state index >= 15 is 0 Å². The number of anilines is 2. The summed E-state index contributed by atoms with van der Waals surface area (Å²) in [6.45, 7) is 0.286. The summed E-state index contributed by atoms with van der Waals surface area (Å²) in [6.07, 6.45) is 7.77. The molecule has 0 bridgehead atoms. The molecule has 0 unspecified atom stereocenters. The molecule has 5 nitrogen and oxygen atoms in total. The molecule has 0 saturated carbocycles. The molecule has 6 heteroatoms. The first kappa shape index (κ1) is 14.0. The predicted molar refractivity (Wildman–Crippen MR) is 94.5 cm³/mol. The maximum absolute atomic E-state index is 5.46. The van der Waals surface area contributed by atoms with Crippen LogP contribution < -0.4 is 14.8 Å². The first-order valence-electron chi connectivity index (χ1n) is 8.30. The van der Waals surface area contributed by atoms with Crippen molar-refractivity contribution in [2.45, 2.75) is 32.1 Å². The van der Waals surface area contributed by atoms with Crippen molar-refractivity contribution in [1.82, 2.24) is 9.97 Å². The van der Waals surface area contributed by atoms with E-state index in [0.717, 1.165) is 34.3 Å². The molecule has 3 heterocycles. The zero-order chi connectivity index (χ0) is 15.9. The van der Waals surface area contributed by atoms with Gasteiger partial charge in [0, 0.05) is 16.6 Å². The lowest BCUT2D eigenvalue weighted by molar-refractivity contribution is 0.174. The molecule has 2 aromatic heterocycles. The van der Waals surface area contributed by atoms with Crippen LogP contribution >= 0.6 is 11.3 Å². The van der Waals surface area contributed by atoms with Gasteiger partial charge in [0.05, 0.1) is 5.39 Å². The van der Waals surface area contributed by atoms with Crippen LogP contribution in [0.5, 0.6) is 11.5 Å². The van der Waals surface area contributed by atoms with Crippen molar-refractivity contribution < 1.29 is 9.47 Å². The number of hydrogen-bond donors (Lipinski definition) is 1. The van der Waals surface area contributed by atoms with Crippen LogP contribution in [-0.4, -0.2) is 16.8 Å². The SMILES string of the molecule is c1nc(Nc2ccc3c(c2)OCO3)c2c3c(sc2n1)CCCCC3. The molecule has 0 atom stereocenters. The van der Waals surface area contributed by atoms with E-state index in [-0.39, 0.29) is 6.79 Å². The Morgan fingerprint density at radius 3 is 2.92 bits per heavy atom. The Bertz CT molecular complexity index is 922. The summed E-state index contributed by atoms with van der Waals surface area (Å²) in [5, 5.41) is 4.64. The monoisotopic (exact) mass is 339 g/mol. The fourth-order valence-electron chi connectivity index (χ4n) is 3.47. The quantitative estimate of drug-likeness (QED) is 0.700. The van der Waals surface area contributed by atoms with Crippen molar-refractivity contribution in [2.24, 2.45) is 0 Å². The van der Waals surface area contributed by atoms with Gasteiger partial charge in [-0.15, -0.1) is 11.3 Å². The van der Waals surface area contributed by atoms with E-state index in [1.165, 1.54) is 41.5 Å². The smallest absolute Gasteiger partial charge is 0.231 e. The lowest BCUT2D eigenvalue weighted by atomic mass is 10.1. The van der Waals surface area contributed by atoms with Gasteiger partial charge in [0.1, 0.15) is 17.0 Å². The molecule has 1 aliphatic heterocycles. The maximum Gasteiger partial charge on any atom is 0.231 e. The number of benzene rings is 1. The first-order valence-corrected chi connectivity index (χ1v) is 9.12. The molecule has 0 spiro atoms. The number of ether oxygens (including phenoxy) is 2. The molecule has 0 amide bonds. The Morgan fingerprint density at radius 1 is 1.00 bits per heavy atom. The summed E-state index contributed by atoms with van der Waals surface area (Å²) in [5.74, 6) is 2.45. The lowest BCUT2D eigenvalue weighted by Gasteiger charge is -2.09. The van der Waals surface area contributed by atoms with Gasteiger partial charge in [0.25, 0.3) is 0 Å². The van der Waals surface area contributed by atoms with Crippen LogP contribution in [0.3, 0.4) is 0 Å². The molecule has 3 aromatic rings. The van der Waals surface area contributed by atoms with Crippen molar-refractivity contribution in [3.8, 4) is 11.5 Å². The number of nitrogens with one attached hydrogen (secondary N) is 1. The van der Waals surface area contributed by atoms with Gasteiger partial charge in [-0.1, -0.05) is 6.42 Å². The van der Waals surface area contributed by atoms with E-state index in [1.54, 1.807) is 6.33 Å². The van der Waals surface area contributed by atoms with Crippen LogP contribution in [-0.2, 0) is 12.8 Å². The van der Waals surface area contributed by atoms with Crippen LogP contribution in [0.25, 0.3) is 10.2 Å². The summed E-state index contributed by atoms with van der Waals surface area (Å²) in [5.41, 5.74) is 2.39. The molecule has 122 valence electrons. The second-order valence-corrected chi connectivity index (χ2v) is 7.24. The predicted octanol–water partition coefficient (Wildman–Crippen LogP) is 4.43. The van der Waals surface area contributed by atoms with E-state index in [0.29, 0.717) is 0 Å². The fraction of sp³-hybridized carbons (Fsp3) is 0.333. The summed E-state index contributed by atoms with van der Waals surface area (Å²) in [6, 6.07) is 5.88. The van der Waals surface area contributed by atoms with Gasteiger partial charge in [-0.3, -0.25) is 0 Å². The van der Waals surface area contributed by atoms with Crippen molar-refractivity contribution in [1.29, 1.82) is 0 Å². The molecule has 1 N–H and O–H groups in total. The van der Waals surface area contributed by atoms with E-state index in [9.17, 15) is 0 Å². The fourth-order valence-corrected chi connectivity index (χ4v) is 4.70. The molecule has 0 saturated heterocycles. The summed E-state index contributed by atoms with van der Waals surface area (Å²) < 4.78 is 10.8. The van der Waals surface area contributed by atoms with Gasteiger partial charge in [-0.05, 0) is 43.4 Å². The van der Waals surface area contributed by atoms with Crippen LogP contribution in [0.15, 0.2) is 24.5 Å². The third kappa shape index (κ3) is 2.29. The first-order chi connectivity index (χ1) is 11.9. The number of nitrogens with zero attached hydrogens (tertiary/aromatic N) is 2. The molecule has 5 rings (SSSR count). The Balaban J connectivity index is 1.58. The second kappa shape index (κ2) is 5.63. The normalized spacial score (nSPS) is 16.0. The van der Waals surface area contributed by atoms with Crippen molar-refractivity contribution in [2.75, 3.05) is 12.1 Å². The highest BCUT2D eigenvalue weighted by Gasteiger charge is 2.20. The minimum atomic E-state index is 0.286. The van der Waals surface area contributed by atoms with Crippen LogP contribution in [0.4, 0.5) is 11.5 Å². The highest BCUT2D eigenvalue weighted by Crippen LogP contribution is 2.39. The number of rotatable bonds is 2.